The topological polar surface area (TPSA) is 128 Å². The largest absolute Gasteiger partial charge is 0.438 e. The first kappa shape index (κ1) is 17.7. The van der Waals surface area contributed by atoms with Crippen molar-refractivity contribution in [1.29, 1.82) is 0 Å². The number of hydrogen-bond donors (Lipinski definition) is 2. The summed E-state index contributed by atoms with van der Waals surface area (Å²) in [6.45, 7) is 1.87. The number of H-pyrrole nitrogens is 1. The molecule has 0 unspecified atom stereocenters. The number of rotatable bonds is 6. The van der Waals surface area contributed by atoms with Gasteiger partial charge in [0, 0.05) is 24.1 Å². The molecular weight excluding hydrogens is 382 g/mol. The lowest BCUT2D eigenvalue weighted by atomic mass is 10.3. The summed E-state index contributed by atoms with van der Waals surface area (Å²) in [5.74, 6) is 2.24. The van der Waals surface area contributed by atoms with Crippen molar-refractivity contribution in [2.45, 2.75) is 11.9 Å². The highest BCUT2D eigenvalue weighted by atomic mass is 32.2. The van der Waals surface area contributed by atoms with E-state index in [-0.39, 0.29) is 5.03 Å². The molecule has 0 saturated heterocycles. The van der Waals surface area contributed by atoms with E-state index < -0.39 is 10.0 Å². The Hall–Kier alpha value is -3.73. The van der Waals surface area contributed by atoms with Crippen molar-refractivity contribution < 1.29 is 13.2 Å². The van der Waals surface area contributed by atoms with E-state index in [0.717, 1.165) is 5.82 Å². The third-order valence-electron chi connectivity index (χ3n) is 3.79. The summed E-state index contributed by atoms with van der Waals surface area (Å²) in [5.41, 5.74) is 0.388. The normalized spacial score (nSPS) is 11.3. The lowest BCUT2D eigenvalue weighted by molar-refractivity contribution is 0.454. The lowest BCUT2D eigenvalue weighted by Crippen LogP contribution is -2.13. The maximum Gasteiger partial charge on any atom is 0.278 e. The molecule has 0 bridgehead atoms. The Morgan fingerprint density at radius 3 is 2.54 bits per heavy atom. The Labute approximate surface area is 160 Å². The van der Waals surface area contributed by atoms with Gasteiger partial charge in [0.25, 0.3) is 10.0 Å². The first-order valence-corrected chi connectivity index (χ1v) is 9.63. The minimum absolute atomic E-state index is 0.0173. The number of aromatic nitrogens is 6. The fraction of sp³-hybridized carbons (Fsp3) is 0.0588. The van der Waals surface area contributed by atoms with Gasteiger partial charge in [0.1, 0.15) is 11.6 Å². The number of imidazole rings is 2. The Morgan fingerprint density at radius 2 is 1.93 bits per heavy atom. The molecule has 142 valence electrons. The maximum atomic E-state index is 12.2. The highest BCUT2D eigenvalue weighted by molar-refractivity contribution is 7.92. The summed E-state index contributed by atoms with van der Waals surface area (Å²) in [7, 11) is -3.71. The minimum Gasteiger partial charge on any atom is -0.438 e. The van der Waals surface area contributed by atoms with Crippen LogP contribution in [0.25, 0.3) is 5.82 Å². The molecule has 3 heterocycles. The van der Waals surface area contributed by atoms with Crippen molar-refractivity contribution in [3.05, 3.63) is 67.1 Å². The van der Waals surface area contributed by atoms with Crippen LogP contribution in [0.5, 0.6) is 11.6 Å². The van der Waals surface area contributed by atoms with E-state index in [1.165, 1.54) is 12.5 Å². The van der Waals surface area contributed by atoms with Crippen LogP contribution in [0.15, 0.2) is 66.3 Å². The predicted octanol–water partition coefficient (Wildman–Crippen LogP) is 2.29. The quantitative estimate of drug-likeness (QED) is 0.511. The molecule has 28 heavy (non-hydrogen) atoms. The number of nitrogens with zero attached hydrogens (tertiary/aromatic N) is 5. The van der Waals surface area contributed by atoms with Gasteiger partial charge in [0.05, 0.1) is 12.5 Å². The van der Waals surface area contributed by atoms with E-state index in [9.17, 15) is 8.42 Å². The van der Waals surface area contributed by atoms with E-state index in [1.807, 2.05) is 6.92 Å². The molecule has 0 amide bonds. The molecule has 11 heteroatoms. The smallest absolute Gasteiger partial charge is 0.278 e. The highest BCUT2D eigenvalue weighted by Crippen LogP contribution is 2.23. The van der Waals surface area contributed by atoms with Crippen molar-refractivity contribution in [3.8, 4) is 17.4 Å². The van der Waals surface area contributed by atoms with Gasteiger partial charge in [-0.2, -0.15) is 8.42 Å². The summed E-state index contributed by atoms with van der Waals surface area (Å²) in [5, 5.41) is 8.15. The lowest BCUT2D eigenvalue weighted by Gasteiger charge is -2.08. The minimum atomic E-state index is -3.71. The van der Waals surface area contributed by atoms with Crippen LogP contribution in [0.1, 0.15) is 5.82 Å². The third-order valence-corrected chi connectivity index (χ3v) is 5.10. The molecule has 2 N–H and O–H groups in total. The monoisotopic (exact) mass is 397 g/mol. The van der Waals surface area contributed by atoms with Gasteiger partial charge in [-0.25, -0.2) is 9.97 Å². The van der Waals surface area contributed by atoms with Crippen LogP contribution < -0.4 is 9.46 Å². The average molecular weight is 397 g/mol. The van der Waals surface area contributed by atoms with Crippen molar-refractivity contribution >= 4 is 15.7 Å². The summed E-state index contributed by atoms with van der Waals surface area (Å²) < 4.78 is 34.2. The number of aryl methyl sites for hydroxylation is 1. The molecule has 3 aromatic heterocycles. The number of sulfonamides is 1. The van der Waals surface area contributed by atoms with Crippen LogP contribution in [0, 0.1) is 6.92 Å². The van der Waals surface area contributed by atoms with E-state index >= 15 is 0 Å². The van der Waals surface area contributed by atoms with E-state index in [1.54, 1.807) is 53.4 Å². The van der Waals surface area contributed by atoms with Gasteiger partial charge in [0.2, 0.25) is 5.88 Å². The average Bonchev–Trinajstić information content (AvgIpc) is 3.36. The first-order chi connectivity index (χ1) is 13.5. The van der Waals surface area contributed by atoms with Crippen molar-refractivity contribution in [1.82, 2.24) is 29.7 Å². The summed E-state index contributed by atoms with van der Waals surface area (Å²) >= 11 is 0. The SMILES string of the molecule is Cc1nccn1-c1ccc(Oc2ccc(NS(=O)(=O)c3cnc[nH]3)cc2)nn1. The Balaban J connectivity index is 1.44. The van der Waals surface area contributed by atoms with Crippen LogP contribution in [0.2, 0.25) is 0 Å². The second-order valence-corrected chi connectivity index (χ2v) is 7.37. The van der Waals surface area contributed by atoms with E-state index in [2.05, 4.69) is 29.9 Å². The second-order valence-electron chi connectivity index (χ2n) is 5.72. The zero-order chi connectivity index (χ0) is 19.6. The van der Waals surface area contributed by atoms with E-state index in [4.69, 9.17) is 4.74 Å². The molecule has 0 aliphatic rings. The molecule has 4 aromatic rings. The first-order valence-electron chi connectivity index (χ1n) is 8.14. The molecular formula is C17H15N7O3S. The Morgan fingerprint density at radius 1 is 1.11 bits per heavy atom. The summed E-state index contributed by atoms with van der Waals surface area (Å²) in [4.78, 5) is 10.4. The molecule has 0 fully saturated rings. The van der Waals surface area contributed by atoms with Crippen LogP contribution >= 0.6 is 0 Å². The van der Waals surface area contributed by atoms with Gasteiger partial charge >= 0.3 is 0 Å². The Kier molecular flexibility index (Phi) is 4.49. The molecule has 0 aliphatic heterocycles. The van der Waals surface area contributed by atoms with Gasteiger partial charge in [-0.05, 0) is 37.3 Å². The number of hydrogen-bond acceptors (Lipinski definition) is 7. The van der Waals surface area contributed by atoms with Crippen LogP contribution in [-0.4, -0.2) is 38.1 Å². The molecule has 4 rings (SSSR count). The predicted molar refractivity (Wildman–Crippen MR) is 99.8 cm³/mol. The van der Waals surface area contributed by atoms with E-state index in [0.29, 0.717) is 23.1 Å². The highest BCUT2D eigenvalue weighted by Gasteiger charge is 2.15. The second kappa shape index (κ2) is 7.12. The van der Waals surface area contributed by atoms with Gasteiger partial charge in [-0.1, -0.05) is 0 Å². The maximum absolute atomic E-state index is 12.2. The van der Waals surface area contributed by atoms with Gasteiger partial charge in [-0.3, -0.25) is 9.29 Å². The number of anilines is 1. The standard InChI is InChI=1S/C17H15N7O3S/c1-12-19-8-9-24(12)15-6-7-16(22-21-15)27-14-4-2-13(3-5-14)23-28(25,26)17-10-18-11-20-17/h2-11,23H,1H3,(H,18,20). The Bertz CT molecular complexity index is 1170. The number of benzene rings is 1. The fourth-order valence-electron chi connectivity index (χ4n) is 2.43. The molecule has 0 saturated carbocycles. The fourth-order valence-corrected chi connectivity index (χ4v) is 3.39. The zero-order valence-corrected chi connectivity index (χ0v) is 15.5. The number of ether oxygens (including phenoxy) is 1. The summed E-state index contributed by atoms with van der Waals surface area (Å²) in [6.07, 6.45) is 6.01. The van der Waals surface area contributed by atoms with Gasteiger partial charge < -0.3 is 9.72 Å². The molecule has 10 nitrogen and oxygen atoms in total. The number of aromatic amines is 1. The van der Waals surface area contributed by atoms with Crippen LogP contribution in [-0.2, 0) is 10.0 Å². The summed E-state index contributed by atoms with van der Waals surface area (Å²) in [6, 6.07) is 9.88. The van der Waals surface area contributed by atoms with Crippen LogP contribution in [0.3, 0.4) is 0 Å². The van der Waals surface area contributed by atoms with Crippen molar-refractivity contribution in [3.63, 3.8) is 0 Å². The van der Waals surface area contributed by atoms with Crippen molar-refractivity contribution in [2.75, 3.05) is 4.72 Å². The third kappa shape index (κ3) is 3.69. The number of nitrogens with one attached hydrogen (secondary N) is 2. The zero-order valence-electron chi connectivity index (χ0n) is 14.6. The van der Waals surface area contributed by atoms with Crippen molar-refractivity contribution in [2.24, 2.45) is 0 Å². The van der Waals surface area contributed by atoms with Crippen LogP contribution in [0.4, 0.5) is 5.69 Å². The molecule has 0 atom stereocenters. The van der Waals surface area contributed by atoms with Gasteiger partial charge in [-0.15, -0.1) is 10.2 Å². The molecule has 1 aromatic carbocycles. The molecule has 0 radical (unpaired) electrons. The molecule has 0 aliphatic carbocycles. The van der Waals surface area contributed by atoms with Gasteiger partial charge in [0.15, 0.2) is 10.8 Å². The molecule has 0 spiro atoms.